The first kappa shape index (κ1) is 9.24. The van der Waals surface area contributed by atoms with Gasteiger partial charge in [0.2, 0.25) is 0 Å². The number of carboxylic acids is 1. The molecule has 0 amide bonds. The Hall–Kier alpha value is -0.850. The van der Waals surface area contributed by atoms with E-state index in [1.54, 1.807) is 0 Å². The van der Waals surface area contributed by atoms with Crippen molar-refractivity contribution in [3.63, 3.8) is 0 Å². The maximum absolute atomic E-state index is 12.4. The first-order chi connectivity index (χ1) is 5.29. The molecular weight excluding hydrogens is 182 g/mol. The van der Waals surface area contributed by atoms with Gasteiger partial charge in [-0.15, -0.1) is 0 Å². The smallest absolute Gasteiger partial charge is 0.337 e. The van der Waals surface area contributed by atoms with Crippen molar-refractivity contribution >= 4 is 5.97 Å². The predicted octanol–water partition coefficient (Wildman–Crippen LogP) is 0.313. The molecule has 70 valence electrons. The van der Waals surface area contributed by atoms with Crippen LogP contribution >= 0.6 is 0 Å². The first-order valence-electron chi connectivity index (χ1n) is 3.01. The summed E-state index contributed by atoms with van der Waals surface area (Å²) < 4.78 is 49.4. The van der Waals surface area contributed by atoms with Crippen LogP contribution in [0.3, 0.4) is 0 Å². The summed E-state index contributed by atoms with van der Waals surface area (Å²) in [5, 5.41) is 9.64. The molecule has 0 aliphatic carbocycles. The maximum Gasteiger partial charge on any atom is 0.337 e. The summed E-state index contributed by atoms with van der Waals surface area (Å²) in [4.78, 5) is 10.0. The molecule has 7 heteroatoms. The maximum atomic E-state index is 12.4. The highest BCUT2D eigenvalue weighted by atomic mass is 19.3. The van der Waals surface area contributed by atoms with Gasteiger partial charge in [0.05, 0.1) is 6.54 Å². The molecule has 1 saturated heterocycles. The van der Waals surface area contributed by atoms with Gasteiger partial charge in [-0.2, -0.15) is 17.6 Å². The lowest BCUT2D eigenvalue weighted by atomic mass is 10.1. The Bertz CT molecular complexity index is 217. The predicted molar refractivity (Wildman–Crippen MR) is 29.3 cm³/mol. The van der Waals surface area contributed by atoms with E-state index in [9.17, 15) is 22.4 Å². The minimum Gasteiger partial charge on any atom is -0.480 e. The zero-order chi connectivity index (χ0) is 9.57. The fourth-order valence-electron chi connectivity index (χ4n) is 0.930. The van der Waals surface area contributed by atoms with Crippen LogP contribution in [0.15, 0.2) is 0 Å². The van der Waals surface area contributed by atoms with Gasteiger partial charge in [0.1, 0.15) is 0 Å². The third kappa shape index (κ3) is 1.04. The van der Waals surface area contributed by atoms with Crippen LogP contribution in [0.4, 0.5) is 17.6 Å². The molecule has 1 heterocycles. The fourth-order valence-corrected chi connectivity index (χ4v) is 0.930. The zero-order valence-corrected chi connectivity index (χ0v) is 5.65. The highest BCUT2D eigenvalue weighted by molar-refractivity contribution is 5.75. The average Bonchev–Trinajstić information content (AvgIpc) is 2.03. The van der Waals surface area contributed by atoms with Gasteiger partial charge in [0.15, 0.2) is 6.04 Å². The Morgan fingerprint density at radius 1 is 1.42 bits per heavy atom. The molecule has 1 aliphatic rings. The fraction of sp³-hybridized carbons (Fsp3) is 0.800. The van der Waals surface area contributed by atoms with Gasteiger partial charge < -0.3 is 5.11 Å². The van der Waals surface area contributed by atoms with Crippen LogP contribution in [-0.4, -0.2) is 35.5 Å². The van der Waals surface area contributed by atoms with Crippen molar-refractivity contribution in [1.29, 1.82) is 0 Å². The largest absolute Gasteiger partial charge is 0.480 e. The number of aliphatic carboxylic acids is 1. The van der Waals surface area contributed by atoms with Crippen LogP contribution in [0.1, 0.15) is 0 Å². The standard InChI is InChI=1S/C5H5F4NO2/c6-4(7)1-10-2(3(11)12)5(4,8)9/h2,10H,1H2,(H,11,12). The highest BCUT2D eigenvalue weighted by Crippen LogP contribution is 2.40. The van der Waals surface area contributed by atoms with Crippen molar-refractivity contribution in [2.24, 2.45) is 0 Å². The van der Waals surface area contributed by atoms with Gasteiger partial charge in [-0.25, -0.2) is 0 Å². The van der Waals surface area contributed by atoms with Crippen molar-refractivity contribution in [1.82, 2.24) is 5.32 Å². The second-order valence-electron chi connectivity index (χ2n) is 2.48. The quantitative estimate of drug-likeness (QED) is 0.581. The van der Waals surface area contributed by atoms with E-state index in [1.807, 2.05) is 0 Å². The lowest BCUT2D eigenvalue weighted by molar-refractivity contribution is -0.194. The molecule has 0 aromatic heterocycles. The molecule has 1 rings (SSSR count). The lowest BCUT2D eigenvalue weighted by Gasteiger charge is -2.19. The number of hydrogen-bond acceptors (Lipinski definition) is 2. The molecule has 0 bridgehead atoms. The number of halogens is 4. The Kier molecular flexibility index (Phi) is 1.78. The second kappa shape index (κ2) is 2.32. The molecule has 3 nitrogen and oxygen atoms in total. The summed E-state index contributed by atoms with van der Waals surface area (Å²) in [5.74, 6) is -10.8. The minimum absolute atomic E-state index is 1.31. The lowest BCUT2D eigenvalue weighted by Crippen LogP contribution is -2.48. The molecule has 0 aromatic carbocycles. The normalized spacial score (nSPS) is 31.8. The molecular formula is C5H5F4NO2. The average molecular weight is 187 g/mol. The summed E-state index contributed by atoms with van der Waals surface area (Å²) in [6.07, 6.45) is 0. The third-order valence-corrected chi connectivity index (χ3v) is 1.63. The SMILES string of the molecule is O=C(O)C1NCC(F)(F)C1(F)F. The first-order valence-corrected chi connectivity index (χ1v) is 3.01. The van der Waals surface area contributed by atoms with Gasteiger partial charge in [-0.1, -0.05) is 0 Å². The third-order valence-electron chi connectivity index (χ3n) is 1.63. The summed E-state index contributed by atoms with van der Waals surface area (Å²) in [6.45, 7) is -1.31. The molecule has 12 heavy (non-hydrogen) atoms. The Morgan fingerprint density at radius 3 is 2.08 bits per heavy atom. The van der Waals surface area contributed by atoms with Crippen LogP contribution in [0.25, 0.3) is 0 Å². The molecule has 2 N–H and O–H groups in total. The van der Waals surface area contributed by atoms with Crippen LogP contribution in [0.5, 0.6) is 0 Å². The van der Waals surface area contributed by atoms with Crippen molar-refractivity contribution < 1.29 is 27.5 Å². The van der Waals surface area contributed by atoms with Crippen LogP contribution in [0, 0.1) is 0 Å². The molecule has 1 unspecified atom stereocenters. The minimum atomic E-state index is -4.52. The second-order valence-corrected chi connectivity index (χ2v) is 2.48. The van der Waals surface area contributed by atoms with E-state index < -0.39 is 30.4 Å². The number of alkyl halides is 4. The summed E-state index contributed by atoms with van der Waals surface area (Å²) in [7, 11) is 0. The van der Waals surface area contributed by atoms with Gasteiger partial charge >= 0.3 is 17.8 Å². The Morgan fingerprint density at radius 2 is 1.92 bits per heavy atom. The van der Waals surface area contributed by atoms with E-state index >= 15 is 0 Å². The molecule has 1 atom stereocenters. The van der Waals surface area contributed by atoms with Crippen molar-refractivity contribution in [3.05, 3.63) is 0 Å². The Labute approximate surface area is 64.4 Å². The molecule has 0 spiro atoms. The number of carbonyl (C=O) groups is 1. The van der Waals surface area contributed by atoms with E-state index in [4.69, 9.17) is 5.11 Å². The van der Waals surface area contributed by atoms with Gasteiger partial charge in [0.25, 0.3) is 0 Å². The van der Waals surface area contributed by atoms with Gasteiger partial charge in [-0.3, -0.25) is 10.1 Å². The summed E-state index contributed by atoms with van der Waals surface area (Å²) in [6, 6.07) is -2.49. The van der Waals surface area contributed by atoms with Crippen LogP contribution in [0.2, 0.25) is 0 Å². The van der Waals surface area contributed by atoms with Gasteiger partial charge in [0, 0.05) is 0 Å². The summed E-state index contributed by atoms with van der Waals surface area (Å²) in [5.41, 5.74) is 0. The molecule has 1 aliphatic heterocycles. The molecule has 0 saturated carbocycles. The zero-order valence-electron chi connectivity index (χ0n) is 5.65. The van der Waals surface area contributed by atoms with Crippen molar-refractivity contribution in [2.45, 2.75) is 17.9 Å². The number of rotatable bonds is 1. The van der Waals surface area contributed by atoms with Crippen molar-refractivity contribution in [2.75, 3.05) is 6.54 Å². The van der Waals surface area contributed by atoms with Crippen molar-refractivity contribution in [3.8, 4) is 0 Å². The topological polar surface area (TPSA) is 49.3 Å². The monoisotopic (exact) mass is 187 g/mol. The summed E-state index contributed by atoms with van der Waals surface area (Å²) >= 11 is 0. The van der Waals surface area contributed by atoms with Gasteiger partial charge in [-0.05, 0) is 0 Å². The molecule has 0 aromatic rings. The van der Waals surface area contributed by atoms with E-state index in [1.165, 1.54) is 5.32 Å². The van der Waals surface area contributed by atoms with E-state index in [-0.39, 0.29) is 0 Å². The number of nitrogens with one attached hydrogen (secondary N) is 1. The molecule has 1 fully saturated rings. The van der Waals surface area contributed by atoms with E-state index in [0.717, 1.165) is 0 Å². The number of carboxylic acid groups (broad SMARTS) is 1. The Balaban J connectivity index is 2.93. The van der Waals surface area contributed by atoms with Crippen LogP contribution in [-0.2, 0) is 4.79 Å². The van der Waals surface area contributed by atoms with E-state index in [2.05, 4.69) is 0 Å². The number of hydrogen-bond donors (Lipinski definition) is 2. The highest BCUT2D eigenvalue weighted by Gasteiger charge is 2.68. The molecule has 0 radical (unpaired) electrons. The van der Waals surface area contributed by atoms with E-state index in [0.29, 0.717) is 0 Å². The van der Waals surface area contributed by atoms with Crippen LogP contribution < -0.4 is 5.32 Å².